The van der Waals surface area contributed by atoms with E-state index in [-0.39, 0.29) is 0 Å². The van der Waals surface area contributed by atoms with Gasteiger partial charge >= 0.3 is 5.97 Å². The average molecular weight is 249 g/mol. The van der Waals surface area contributed by atoms with E-state index < -0.39 is 5.97 Å². The summed E-state index contributed by atoms with van der Waals surface area (Å²) in [7, 11) is 1.83. The van der Waals surface area contributed by atoms with E-state index in [0.717, 1.165) is 24.2 Å². The topological polar surface area (TPSA) is 68.0 Å². The van der Waals surface area contributed by atoms with E-state index in [1.54, 1.807) is 4.68 Å². The van der Waals surface area contributed by atoms with Gasteiger partial charge in [0.1, 0.15) is 15.6 Å². The number of aromatic nitrogens is 3. The molecule has 0 bridgehead atoms. The second kappa shape index (κ2) is 3.66. The number of nitrogens with zero attached hydrogens (tertiary/aromatic N) is 3. The van der Waals surface area contributed by atoms with Gasteiger partial charge in [-0.2, -0.15) is 5.10 Å². The normalized spacial score (nSPS) is 15.1. The van der Waals surface area contributed by atoms with Crippen molar-refractivity contribution in [2.75, 3.05) is 0 Å². The van der Waals surface area contributed by atoms with Gasteiger partial charge in [-0.25, -0.2) is 9.78 Å². The Labute approximate surface area is 102 Å². The van der Waals surface area contributed by atoms with Crippen molar-refractivity contribution >= 4 is 17.3 Å². The molecule has 2 aromatic rings. The van der Waals surface area contributed by atoms with Crippen molar-refractivity contribution in [2.45, 2.75) is 18.8 Å². The standard InChI is InChI=1S/C11H11N3O2S/c1-14-5-4-7(13-14)10-12-8(6-2-3-6)9(17-10)11(15)16/h4-6H,2-3H2,1H3,(H,15,16). The fourth-order valence-corrected chi connectivity index (χ4v) is 2.71. The molecule has 1 fully saturated rings. The molecular formula is C11H11N3O2S. The summed E-state index contributed by atoms with van der Waals surface area (Å²) >= 11 is 1.22. The van der Waals surface area contributed by atoms with Gasteiger partial charge in [0.25, 0.3) is 0 Å². The Hall–Kier alpha value is -1.69. The highest BCUT2D eigenvalue weighted by molar-refractivity contribution is 7.17. The van der Waals surface area contributed by atoms with E-state index in [1.165, 1.54) is 11.3 Å². The molecule has 17 heavy (non-hydrogen) atoms. The summed E-state index contributed by atoms with van der Waals surface area (Å²) in [5, 5.41) is 14.1. The number of hydrogen-bond acceptors (Lipinski definition) is 4. The van der Waals surface area contributed by atoms with Gasteiger partial charge in [0.2, 0.25) is 0 Å². The highest BCUT2D eigenvalue weighted by atomic mass is 32.1. The van der Waals surface area contributed by atoms with Gasteiger partial charge in [0.15, 0.2) is 0 Å². The third-order valence-corrected chi connectivity index (χ3v) is 3.83. The molecule has 0 atom stereocenters. The van der Waals surface area contributed by atoms with E-state index in [4.69, 9.17) is 5.11 Å². The first-order chi connectivity index (χ1) is 8.15. The van der Waals surface area contributed by atoms with E-state index in [0.29, 0.717) is 15.8 Å². The minimum atomic E-state index is -0.883. The molecule has 2 heterocycles. The Balaban J connectivity index is 2.06. The van der Waals surface area contributed by atoms with Crippen LogP contribution in [0.1, 0.15) is 34.1 Å². The van der Waals surface area contributed by atoms with Crippen molar-refractivity contribution in [2.24, 2.45) is 7.05 Å². The number of aryl methyl sites for hydroxylation is 1. The molecule has 6 heteroatoms. The largest absolute Gasteiger partial charge is 0.477 e. The van der Waals surface area contributed by atoms with Crippen molar-refractivity contribution in [1.29, 1.82) is 0 Å². The number of carboxylic acid groups (broad SMARTS) is 1. The summed E-state index contributed by atoms with van der Waals surface area (Å²) in [5.74, 6) is -0.540. The fraction of sp³-hybridized carbons (Fsp3) is 0.364. The zero-order valence-corrected chi connectivity index (χ0v) is 10.1. The molecule has 0 amide bonds. The monoisotopic (exact) mass is 249 g/mol. The lowest BCUT2D eigenvalue weighted by atomic mass is 10.2. The molecule has 3 rings (SSSR count). The Morgan fingerprint density at radius 2 is 2.35 bits per heavy atom. The molecule has 0 aromatic carbocycles. The molecular weight excluding hydrogens is 238 g/mol. The Morgan fingerprint density at radius 3 is 2.88 bits per heavy atom. The van der Waals surface area contributed by atoms with Crippen molar-refractivity contribution < 1.29 is 9.90 Å². The second-order valence-electron chi connectivity index (χ2n) is 4.19. The van der Waals surface area contributed by atoms with Crippen LogP contribution in [0.4, 0.5) is 0 Å². The number of aromatic carboxylic acids is 1. The Bertz CT molecular complexity index is 583. The quantitative estimate of drug-likeness (QED) is 0.904. The molecule has 1 aliphatic rings. The number of carbonyl (C=O) groups is 1. The number of thiazole rings is 1. The van der Waals surface area contributed by atoms with E-state index in [1.807, 2.05) is 19.3 Å². The first-order valence-corrected chi connectivity index (χ1v) is 6.21. The van der Waals surface area contributed by atoms with Crippen LogP contribution in [0.2, 0.25) is 0 Å². The molecule has 0 radical (unpaired) electrons. The average Bonchev–Trinajstić information content (AvgIpc) is 2.87. The van der Waals surface area contributed by atoms with Crippen molar-refractivity contribution in [3.8, 4) is 10.7 Å². The zero-order chi connectivity index (χ0) is 12.0. The number of hydrogen-bond donors (Lipinski definition) is 1. The molecule has 0 aliphatic heterocycles. The van der Waals surface area contributed by atoms with Crippen LogP contribution < -0.4 is 0 Å². The molecule has 0 spiro atoms. The molecule has 1 saturated carbocycles. The van der Waals surface area contributed by atoms with Gasteiger partial charge in [0.05, 0.1) is 5.69 Å². The second-order valence-corrected chi connectivity index (χ2v) is 5.19. The Kier molecular flexibility index (Phi) is 2.25. The van der Waals surface area contributed by atoms with Gasteiger partial charge in [-0.3, -0.25) is 4.68 Å². The van der Waals surface area contributed by atoms with Crippen LogP contribution in [0.25, 0.3) is 10.7 Å². The summed E-state index contributed by atoms with van der Waals surface area (Å²) in [6, 6.07) is 1.85. The van der Waals surface area contributed by atoms with Crippen molar-refractivity contribution in [3.05, 3.63) is 22.8 Å². The van der Waals surface area contributed by atoms with E-state index in [2.05, 4.69) is 10.1 Å². The summed E-state index contributed by atoms with van der Waals surface area (Å²) in [6.45, 7) is 0. The van der Waals surface area contributed by atoms with Gasteiger partial charge in [-0.1, -0.05) is 0 Å². The fourth-order valence-electron chi connectivity index (χ4n) is 1.76. The van der Waals surface area contributed by atoms with Gasteiger partial charge in [-0.05, 0) is 18.9 Å². The van der Waals surface area contributed by atoms with E-state index in [9.17, 15) is 4.79 Å². The molecule has 5 nitrogen and oxygen atoms in total. The lowest BCUT2D eigenvalue weighted by Crippen LogP contribution is -1.97. The minimum Gasteiger partial charge on any atom is -0.477 e. The summed E-state index contributed by atoms with van der Waals surface area (Å²) < 4.78 is 1.69. The van der Waals surface area contributed by atoms with Gasteiger partial charge in [0, 0.05) is 19.2 Å². The van der Waals surface area contributed by atoms with E-state index >= 15 is 0 Å². The van der Waals surface area contributed by atoms with Crippen LogP contribution in [0.3, 0.4) is 0 Å². The maximum atomic E-state index is 11.1. The third kappa shape index (κ3) is 1.84. The first-order valence-electron chi connectivity index (χ1n) is 5.39. The van der Waals surface area contributed by atoms with Crippen LogP contribution in [0.15, 0.2) is 12.3 Å². The molecule has 0 saturated heterocycles. The lowest BCUT2D eigenvalue weighted by molar-refractivity contribution is 0.0700. The lowest BCUT2D eigenvalue weighted by Gasteiger charge is -1.91. The molecule has 1 N–H and O–H groups in total. The summed E-state index contributed by atoms with van der Waals surface area (Å²) in [6.07, 6.45) is 3.92. The zero-order valence-electron chi connectivity index (χ0n) is 9.25. The van der Waals surface area contributed by atoms with Gasteiger partial charge < -0.3 is 5.11 Å². The van der Waals surface area contributed by atoms with Crippen LogP contribution in [0, 0.1) is 0 Å². The Morgan fingerprint density at radius 1 is 1.59 bits per heavy atom. The summed E-state index contributed by atoms with van der Waals surface area (Å²) in [5.41, 5.74) is 1.48. The first kappa shape index (κ1) is 10.5. The molecule has 88 valence electrons. The minimum absolute atomic E-state index is 0.342. The highest BCUT2D eigenvalue weighted by Crippen LogP contribution is 2.43. The molecule has 0 unspecified atom stereocenters. The smallest absolute Gasteiger partial charge is 0.347 e. The predicted molar refractivity (Wildman–Crippen MR) is 63.3 cm³/mol. The van der Waals surface area contributed by atoms with Crippen LogP contribution >= 0.6 is 11.3 Å². The number of carboxylic acids is 1. The highest BCUT2D eigenvalue weighted by Gasteiger charge is 2.32. The maximum absolute atomic E-state index is 11.1. The van der Waals surface area contributed by atoms with Gasteiger partial charge in [-0.15, -0.1) is 11.3 Å². The van der Waals surface area contributed by atoms with Crippen LogP contribution in [-0.2, 0) is 7.05 Å². The van der Waals surface area contributed by atoms with Crippen molar-refractivity contribution in [3.63, 3.8) is 0 Å². The SMILES string of the molecule is Cn1ccc(-c2nc(C3CC3)c(C(=O)O)s2)n1. The predicted octanol–water partition coefficient (Wildman–Crippen LogP) is 2.12. The van der Waals surface area contributed by atoms with Crippen molar-refractivity contribution in [1.82, 2.24) is 14.8 Å². The van der Waals surface area contributed by atoms with Crippen LogP contribution in [-0.4, -0.2) is 25.8 Å². The van der Waals surface area contributed by atoms with Crippen LogP contribution in [0.5, 0.6) is 0 Å². The third-order valence-electron chi connectivity index (χ3n) is 2.74. The molecule has 1 aliphatic carbocycles. The summed E-state index contributed by atoms with van der Waals surface area (Å²) in [4.78, 5) is 16.0. The molecule has 2 aromatic heterocycles. The maximum Gasteiger partial charge on any atom is 0.347 e. The number of rotatable bonds is 3.